The number of benzene rings is 1. The van der Waals surface area contributed by atoms with Crippen molar-refractivity contribution in [1.29, 1.82) is 0 Å². The van der Waals surface area contributed by atoms with Crippen LogP contribution in [0.1, 0.15) is 34.1 Å². The predicted molar refractivity (Wildman–Crippen MR) is 110 cm³/mol. The van der Waals surface area contributed by atoms with E-state index in [9.17, 15) is 9.59 Å². The van der Waals surface area contributed by atoms with E-state index in [4.69, 9.17) is 11.6 Å². The monoisotopic (exact) mass is 409 g/mol. The Hall–Kier alpha value is -3.06. The second-order valence-corrected chi connectivity index (χ2v) is 7.56. The van der Waals surface area contributed by atoms with Gasteiger partial charge in [0.05, 0.1) is 16.6 Å². The van der Waals surface area contributed by atoms with Gasteiger partial charge in [-0.3, -0.25) is 19.6 Å². The van der Waals surface area contributed by atoms with Crippen LogP contribution in [-0.2, 0) is 0 Å². The van der Waals surface area contributed by atoms with Crippen LogP contribution >= 0.6 is 11.6 Å². The van der Waals surface area contributed by atoms with Gasteiger partial charge in [0.15, 0.2) is 0 Å². The molecule has 0 saturated carbocycles. The van der Waals surface area contributed by atoms with E-state index in [1.807, 2.05) is 17.9 Å². The number of hydrogen-bond donors (Lipinski definition) is 1. The predicted octanol–water partition coefficient (Wildman–Crippen LogP) is 2.96. The first-order valence-corrected chi connectivity index (χ1v) is 9.82. The van der Waals surface area contributed by atoms with E-state index in [1.165, 1.54) is 0 Å². The summed E-state index contributed by atoms with van der Waals surface area (Å²) in [4.78, 5) is 39.7. The van der Waals surface area contributed by atoms with Crippen LogP contribution in [-0.4, -0.2) is 50.8 Å². The molecule has 0 spiro atoms. The molecule has 2 aromatic heterocycles. The van der Waals surface area contributed by atoms with Crippen LogP contribution in [0.5, 0.6) is 0 Å². The number of fused-ring (bicyclic) bond motifs is 1. The number of rotatable bonds is 3. The summed E-state index contributed by atoms with van der Waals surface area (Å²) in [5, 5.41) is 3.21. The molecule has 0 radical (unpaired) electrons. The Morgan fingerprint density at radius 3 is 2.66 bits per heavy atom. The minimum Gasteiger partial charge on any atom is -0.349 e. The third-order valence-electron chi connectivity index (χ3n) is 5.23. The largest absolute Gasteiger partial charge is 0.349 e. The van der Waals surface area contributed by atoms with Gasteiger partial charge in [-0.1, -0.05) is 18.5 Å². The first-order valence-electron chi connectivity index (χ1n) is 9.44. The lowest BCUT2D eigenvalue weighted by Gasteiger charge is -2.37. The number of amides is 2. The van der Waals surface area contributed by atoms with Gasteiger partial charge in [0, 0.05) is 43.3 Å². The van der Waals surface area contributed by atoms with Gasteiger partial charge in [-0.2, -0.15) is 0 Å². The lowest BCUT2D eigenvalue weighted by Crippen LogP contribution is -2.51. The molecule has 3 heterocycles. The lowest BCUT2D eigenvalue weighted by molar-refractivity contribution is 0.0633. The minimum atomic E-state index is -0.243. The highest BCUT2D eigenvalue weighted by Crippen LogP contribution is 2.21. The molecule has 0 unspecified atom stereocenters. The van der Waals surface area contributed by atoms with E-state index in [2.05, 4.69) is 20.3 Å². The summed E-state index contributed by atoms with van der Waals surface area (Å²) < 4.78 is 0. The van der Waals surface area contributed by atoms with Gasteiger partial charge >= 0.3 is 0 Å². The minimum absolute atomic E-state index is 0.0368. The lowest BCUT2D eigenvalue weighted by atomic mass is 9.93. The van der Waals surface area contributed by atoms with Gasteiger partial charge in [0.25, 0.3) is 11.8 Å². The summed E-state index contributed by atoms with van der Waals surface area (Å²) in [6.45, 7) is 3.15. The molecule has 1 aliphatic rings. The number of halogens is 1. The van der Waals surface area contributed by atoms with Gasteiger partial charge in [-0.15, -0.1) is 0 Å². The average molecular weight is 410 g/mol. The number of pyridine rings is 1. The maximum absolute atomic E-state index is 12.9. The van der Waals surface area contributed by atoms with Crippen molar-refractivity contribution in [3.63, 3.8) is 0 Å². The van der Waals surface area contributed by atoms with E-state index in [1.54, 1.807) is 42.9 Å². The highest BCUT2D eigenvalue weighted by Gasteiger charge is 2.30. The van der Waals surface area contributed by atoms with Crippen LogP contribution in [0.2, 0.25) is 5.15 Å². The molecule has 4 rings (SSSR count). The summed E-state index contributed by atoms with van der Waals surface area (Å²) in [5.74, 6) is -0.176. The molecule has 148 valence electrons. The van der Waals surface area contributed by atoms with Crippen molar-refractivity contribution in [3.8, 4) is 0 Å². The molecule has 1 saturated heterocycles. The normalized spacial score (nSPS) is 19.2. The first kappa shape index (κ1) is 19.3. The summed E-state index contributed by atoms with van der Waals surface area (Å²) >= 11 is 6.01. The van der Waals surface area contributed by atoms with Crippen molar-refractivity contribution >= 4 is 34.4 Å². The number of carbonyl (C=O) groups is 2. The van der Waals surface area contributed by atoms with E-state index in [0.29, 0.717) is 36.2 Å². The number of hydrogen-bond acceptors (Lipinski definition) is 5. The quantitative estimate of drug-likeness (QED) is 0.672. The average Bonchev–Trinajstić information content (AvgIpc) is 2.74. The Morgan fingerprint density at radius 2 is 1.90 bits per heavy atom. The molecule has 3 aromatic rings. The number of likely N-dealkylation sites (tertiary alicyclic amines) is 1. The van der Waals surface area contributed by atoms with Crippen molar-refractivity contribution in [3.05, 3.63) is 65.2 Å². The molecule has 29 heavy (non-hydrogen) atoms. The smallest absolute Gasteiger partial charge is 0.254 e. The fourth-order valence-corrected chi connectivity index (χ4v) is 3.83. The van der Waals surface area contributed by atoms with E-state index in [-0.39, 0.29) is 28.9 Å². The van der Waals surface area contributed by atoms with E-state index in [0.717, 1.165) is 5.52 Å². The van der Waals surface area contributed by atoms with Crippen molar-refractivity contribution in [2.75, 3.05) is 13.1 Å². The third kappa shape index (κ3) is 4.05. The maximum Gasteiger partial charge on any atom is 0.254 e. The van der Waals surface area contributed by atoms with Crippen LogP contribution in [0.15, 0.2) is 48.9 Å². The molecule has 2 atom stereocenters. The molecule has 1 fully saturated rings. The fraction of sp³-hybridized carbons (Fsp3) is 0.286. The number of piperidine rings is 1. The molecule has 1 aliphatic heterocycles. The standard InChI is InChI=1S/C21H20ClN5O2/c1-13-12-27(21(29)14-4-5-17-18(11-14)24-9-8-23-17)10-6-16(13)26-20(28)15-3-2-7-25-19(15)22/h2-5,7-9,11,13,16H,6,10,12H2,1H3,(H,26,28)/t13-,16+/m0/s1. The molecule has 2 amide bonds. The molecule has 1 aromatic carbocycles. The summed E-state index contributed by atoms with van der Waals surface area (Å²) in [6.07, 6.45) is 5.46. The van der Waals surface area contributed by atoms with Crippen molar-refractivity contribution in [2.45, 2.75) is 19.4 Å². The van der Waals surface area contributed by atoms with Gasteiger partial charge in [-0.05, 0) is 42.7 Å². The Kier molecular flexibility index (Phi) is 5.40. The summed E-state index contributed by atoms with van der Waals surface area (Å²) in [6, 6.07) is 8.65. The van der Waals surface area contributed by atoms with Crippen molar-refractivity contribution < 1.29 is 9.59 Å². The Morgan fingerprint density at radius 1 is 1.10 bits per heavy atom. The molecule has 8 heteroatoms. The number of carbonyl (C=O) groups excluding carboxylic acids is 2. The van der Waals surface area contributed by atoms with E-state index >= 15 is 0 Å². The van der Waals surface area contributed by atoms with Crippen LogP contribution in [0, 0.1) is 5.92 Å². The van der Waals surface area contributed by atoms with Gasteiger partial charge < -0.3 is 10.2 Å². The maximum atomic E-state index is 12.9. The Bertz CT molecular complexity index is 1070. The summed E-state index contributed by atoms with van der Waals surface area (Å²) in [7, 11) is 0. The highest BCUT2D eigenvalue weighted by atomic mass is 35.5. The fourth-order valence-electron chi connectivity index (χ4n) is 3.62. The van der Waals surface area contributed by atoms with Crippen LogP contribution in [0.3, 0.4) is 0 Å². The molecule has 0 bridgehead atoms. The van der Waals surface area contributed by atoms with Crippen LogP contribution in [0.25, 0.3) is 11.0 Å². The molecular weight excluding hydrogens is 390 g/mol. The second kappa shape index (κ2) is 8.13. The van der Waals surface area contributed by atoms with Gasteiger partial charge in [0.2, 0.25) is 0 Å². The zero-order chi connectivity index (χ0) is 20.4. The third-order valence-corrected chi connectivity index (χ3v) is 5.53. The van der Waals surface area contributed by atoms with Gasteiger partial charge in [0.1, 0.15) is 5.15 Å². The van der Waals surface area contributed by atoms with Crippen molar-refractivity contribution in [2.24, 2.45) is 5.92 Å². The molecule has 7 nitrogen and oxygen atoms in total. The van der Waals surface area contributed by atoms with E-state index < -0.39 is 0 Å². The highest BCUT2D eigenvalue weighted by molar-refractivity contribution is 6.32. The first-order chi connectivity index (χ1) is 14.0. The zero-order valence-electron chi connectivity index (χ0n) is 15.9. The second-order valence-electron chi connectivity index (χ2n) is 7.20. The van der Waals surface area contributed by atoms with Gasteiger partial charge in [-0.25, -0.2) is 4.98 Å². The number of nitrogens with one attached hydrogen (secondary N) is 1. The van der Waals surface area contributed by atoms with Crippen LogP contribution < -0.4 is 5.32 Å². The topological polar surface area (TPSA) is 88.1 Å². The SMILES string of the molecule is C[C@H]1CN(C(=O)c2ccc3nccnc3c2)CC[C@H]1NC(=O)c1cccnc1Cl. The molecular formula is C21H20ClN5O2. The van der Waals surface area contributed by atoms with Crippen LogP contribution in [0.4, 0.5) is 0 Å². The zero-order valence-corrected chi connectivity index (χ0v) is 16.6. The molecule has 1 N–H and O–H groups in total. The molecule has 0 aliphatic carbocycles. The Balaban J connectivity index is 1.42. The summed E-state index contributed by atoms with van der Waals surface area (Å²) in [5.41, 5.74) is 2.40. The number of nitrogens with zero attached hydrogens (tertiary/aromatic N) is 4. The Labute approximate surface area is 173 Å². The van der Waals surface area contributed by atoms with Crippen molar-refractivity contribution in [1.82, 2.24) is 25.2 Å². The number of aromatic nitrogens is 3.